The van der Waals surface area contributed by atoms with Gasteiger partial charge in [0.15, 0.2) is 0 Å². The lowest BCUT2D eigenvalue weighted by atomic mass is 10.4. The highest BCUT2D eigenvalue weighted by atomic mass is 16.1. The number of nitrogens with zero attached hydrogens (tertiary/aromatic N) is 2. The maximum Gasteiger partial charge on any atom is 0.333 e. The number of nitrogens with two attached hydrogens (primary N) is 1. The summed E-state index contributed by atoms with van der Waals surface area (Å²) in [6.45, 7) is 0. The Morgan fingerprint density at radius 1 is 1.46 bits per heavy atom. The second-order valence-electron chi connectivity index (χ2n) is 2.54. The van der Waals surface area contributed by atoms with Crippen LogP contribution in [0.4, 0.5) is 5.82 Å². The number of hydrogen-bond donors (Lipinski definition) is 2. The molecule has 3 N–H and O–H groups in total. The molecule has 0 saturated heterocycles. The molecular formula is C8H8N4O. The van der Waals surface area contributed by atoms with Crippen LogP contribution in [0.2, 0.25) is 0 Å². The number of nitrogen functional groups attached to an aromatic ring is 1. The number of aromatic nitrogens is 3. The fourth-order valence-electron chi connectivity index (χ4n) is 1.10. The van der Waals surface area contributed by atoms with E-state index < -0.39 is 0 Å². The highest BCUT2D eigenvalue weighted by molar-refractivity contribution is 5.36. The number of hydrogen-bond acceptors (Lipinski definition) is 3. The molecule has 0 atom stereocenters. The Bertz CT molecular complexity index is 456. The molecule has 0 bridgehead atoms. The number of rotatable bonds is 1. The van der Waals surface area contributed by atoms with Gasteiger partial charge in [-0.1, -0.05) is 6.07 Å². The van der Waals surface area contributed by atoms with E-state index in [1.165, 1.54) is 10.8 Å². The molecule has 0 aliphatic heterocycles. The van der Waals surface area contributed by atoms with Crippen molar-refractivity contribution in [2.45, 2.75) is 0 Å². The summed E-state index contributed by atoms with van der Waals surface area (Å²) < 4.78 is 1.31. The van der Waals surface area contributed by atoms with E-state index in [4.69, 9.17) is 5.73 Å². The summed E-state index contributed by atoms with van der Waals surface area (Å²) in [5.74, 6) is 0.870. The molecule has 0 aliphatic rings. The van der Waals surface area contributed by atoms with Gasteiger partial charge >= 0.3 is 5.69 Å². The zero-order valence-corrected chi connectivity index (χ0v) is 6.77. The first-order valence-corrected chi connectivity index (χ1v) is 3.76. The molecule has 2 heterocycles. The van der Waals surface area contributed by atoms with Crippen molar-refractivity contribution in [1.29, 1.82) is 0 Å². The second kappa shape index (κ2) is 2.78. The lowest BCUT2D eigenvalue weighted by Gasteiger charge is -2.00. The minimum atomic E-state index is -0.281. The number of pyridine rings is 1. The molecule has 2 aromatic heterocycles. The Morgan fingerprint density at radius 2 is 2.31 bits per heavy atom. The van der Waals surface area contributed by atoms with Crippen molar-refractivity contribution in [2.24, 2.45) is 0 Å². The van der Waals surface area contributed by atoms with E-state index in [1.807, 2.05) is 0 Å². The summed E-state index contributed by atoms with van der Waals surface area (Å²) >= 11 is 0. The molecule has 0 aromatic carbocycles. The smallest absolute Gasteiger partial charge is 0.333 e. The predicted molar refractivity (Wildman–Crippen MR) is 48.6 cm³/mol. The van der Waals surface area contributed by atoms with Crippen LogP contribution in [0, 0.1) is 0 Å². The van der Waals surface area contributed by atoms with Crippen molar-refractivity contribution in [3.8, 4) is 5.82 Å². The Kier molecular flexibility index (Phi) is 1.63. The second-order valence-corrected chi connectivity index (χ2v) is 2.54. The van der Waals surface area contributed by atoms with Gasteiger partial charge in [0.25, 0.3) is 0 Å². The van der Waals surface area contributed by atoms with E-state index >= 15 is 0 Å². The van der Waals surface area contributed by atoms with Gasteiger partial charge in [-0.3, -0.25) is 0 Å². The molecule has 0 unspecified atom stereocenters. The van der Waals surface area contributed by atoms with E-state index in [9.17, 15) is 4.79 Å². The first kappa shape index (κ1) is 7.60. The van der Waals surface area contributed by atoms with Gasteiger partial charge in [-0.15, -0.1) is 0 Å². The van der Waals surface area contributed by atoms with Crippen LogP contribution in [-0.2, 0) is 0 Å². The largest absolute Gasteiger partial charge is 0.383 e. The van der Waals surface area contributed by atoms with Crippen LogP contribution in [0.25, 0.3) is 5.82 Å². The summed E-state index contributed by atoms with van der Waals surface area (Å²) in [7, 11) is 0. The van der Waals surface area contributed by atoms with Crippen molar-refractivity contribution in [2.75, 3.05) is 5.73 Å². The van der Waals surface area contributed by atoms with E-state index in [0.29, 0.717) is 11.6 Å². The molecule has 0 radical (unpaired) electrons. The van der Waals surface area contributed by atoms with Crippen LogP contribution in [0.5, 0.6) is 0 Å². The SMILES string of the molecule is Nc1c[nH]c(=O)n1-c1ccccn1. The normalized spacial score (nSPS) is 10.2. The molecule has 66 valence electrons. The molecule has 0 aliphatic carbocycles. The summed E-state index contributed by atoms with van der Waals surface area (Å²) in [4.78, 5) is 17.7. The highest BCUT2D eigenvalue weighted by Crippen LogP contribution is 2.04. The molecule has 2 aromatic rings. The average Bonchev–Trinajstić information content (AvgIpc) is 2.48. The minimum absolute atomic E-state index is 0.281. The number of imidazole rings is 1. The summed E-state index contributed by atoms with van der Waals surface area (Å²) in [6.07, 6.45) is 3.05. The van der Waals surface area contributed by atoms with E-state index in [2.05, 4.69) is 9.97 Å². The van der Waals surface area contributed by atoms with Gasteiger partial charge in [-0.25, -0.2) is 14.3 Å². The molecule has 0 saturated carbocycles. The van der Waals surface area contributed by atoms with Gasteiger partial charge < -0.3 is 10.7 Å². The Morgan fingerprint density at radius 3 is 2.85 bits per heavy atom. The van der Waals surface area contributed by atoms with Crippen LogP contribution in [-0.4, -0.2) is 14.5 Å². The maximum atomic E-state index is 11.2. The molecule has 5 nitrogen and oxygen atoms in total. The maximum absolute atomic E-state index is 11.2. The number of nitrogens with one attached hydrogen (secondary N) is 1. The fourth-order valence-corrected chi connectivity index (χ4v) is 1.10. The molecule has 13 heavy (non-hydrogen) atoms. The average molecular weight is 176 g/mol. The number of H-pyrrole nitrogens is 1. The van der Waals surface area contributed by atoms with Crippen LogP contribution in [0.1, 0.15) is 0 Å². The molecule has 0 amide bonds. The monoisotopic (exact) mass is 176 g/mol. The summed E-state index contributed by atoms with van der Waals surface area (Å²) in [5.41, 5.74) is 5.28. The quantitative estimate of drug-likeness (QED) is 0.649. The minimum Gasteiger partial charge on any atom is -0.383 e. The van der Waals surface area contributed by atoms with Crippen molar-refractivity contribution in [3.05, 3.63) is 41.1 Å². The summed E-state index contributed by atoms with van der Waals surface area (Å²) in [6, 6.07) is 5.28. The topological polar surface area (TPSA) is 76.7 Å². The molecule has 5 heteroatoms. The third kappa shape index (κ3) is 1.20. The Hall–Kier alpha value is -2.04. The van der Waals surface area contributed by atoms with Crippen LogP contribution < -0.4 is 11.4 Å². The highest BCUT2D eigenvalue weighted by Gasteiger charge is 2.04. The Labute approximate surface area is 73.8 Å². The molecule has 0 fully saturated rings. The number of anilines is 1. The van der Waals surface area contributed by atoms with Crippen molar-refractivity contribution < 1.29 is 0 Å². The van der Waals surface area contributed by atoms with Gasteiger partial charge in [-0.05, 0) is 12.1 Å². The van der Waals surface area contributed by atoms with Gasteiger partial charge in [0, 0.05) is 12.4 Å². The lowest BCUT2D eigenvalue weighted by molar-refractivity contribution is 0.949. The molecule has 0 spiro atoms. The van der Waals surface area contributed by atoms with Gasteiger partial charge in [0.05, 0.1) is 0 Å². The summed E-state index contributed by atoms with van der Waals surface area (Å²) in [5, 5.41) is 0. The molecular weight excluding hydrogens is 168 g/mol. The Balaban J connectivity index is 2.65. The van der Waals surface area contributed by atoms with Crippen molar-refractivity contribution in [3.63, 3.8) is 0 Å². The van der Waals surface area contributed by atoms with E-state index in [-0.39, 0.29) is 5.69 Å². The fraction of sp³-hybridized carbons (Fsp3) is 0. The molecule has 2 rings (SSSR count). The standard InChI is InChI=1S/C8H8N4O/c9-6-5-11-8(13)12(6)7-3-1-2-4-10-7/h1-5H,9H2,(H,11,13). The zero-order valence-electron chi connectivity index (χ0n) is 6.77. The van der Waals surface area contributed by atoms with E-state index in [0.717, 1.165) is 0 Å². The third-order valence-corrected chi connectivity index (χ3v) is 1.68. The lowest BCUT2D eigenvalue weighted by Crippen LogP contribution is -2.17. The van der Waals surface area contributed by atoms with E-state index in [1.54, 1.807) is 24.4 Å². The predicted octanol–water partition coefficient (Wildman–Crippen LogP) is 0.143. The van der Waals surface area contributed by atoms with Gasteiger partial charge in [-0.2, -0.15) is 0 Å². The first-order valence-electron chi connectivity index (χ1n) is 3.76. The van der Waals surface area contributed by atoms with Gasteiger partial charge in [0.1, 0.15) is 11.6 Å². The first-order chi connectivity index (χ1) is 6.29. The number of aromatic amines is 1. The zero-order chi connectivity index (χ0) is 9.26. The van der Waals surface area contributed by atoms with Crippen LogP contribution >= 0.6 is 0 Å². The van der Waals surface area contributed by atoms with Crippen LogP contribution in [0.3, 0.4) is 0 Å². The third-order valence-electron chi connectivity index (χ3n) is 1.68. The van der Waals surface area contributed by atoms with Crippen molar-refractivity contribution in [1.82, 2.24) is 14.5 Å². The van der Waals surface area contributed by atoms with Gasteiger partial charge in [0.2, 0.25) is 0 Å². The van der Waals surface area contributed by atoms with Crippen LogP contribution in [0.15, 0.2) is 35.4 Å². The van der Waals surface area contributed by atoms with Crippen molar-refractivity contribution >= 4 is 5.82 Å².